The number of hydrazine groups is 1. The van der Waals surface area contributed by atoms with Crippen molar-refractivity contribution >= 4 is 9.84 Å². The Morgan fingerprint density at radius 1 is 1.28 bits per heavy atom. The summed E-state index contributed by atoms with van der Waals surface area (Å²) in [5.41, 5.74) is 3.10. The minimum atomic E-state index is -2.91. The molecule has 0 aromatic carbocycles. The maximum Gasteiger partial charge on any atom is 0.147 e. The predicted octanol–water partition coefficient (Wildman–Crippen LogP) is 1.86. The fourth-order valence-electron chi connectivity index (χ4n) is 3.49. The van der Waals surface area contributed by atoms with Crippen LogP contribution in [0.3, 0.4) is 0 Å². The Bertz CT molecular complexity index is 346. The highest BCUT2D eigenvalue weighted by atomic mass is 32.2. The van der Waals surface area contributed by atoms with Crippen LogP contribution in [-0.2, 0) is 9.84 Å². The van der Waals surface area contributed by atoms with Gasteiger partial charge in [-0.25, -0.2) is 8.42 Å². The Morgan fingerprint density at radius 3 is 2.22 bits per heavy atom. The van der Waals surface area contributed by atoms with E-state index in [2.05, 4.69) is 19.3 Å². The summed E-state index contributed by atoms with van der Waals surface area (Å²) in [6.45, 7) is 4.45. The molecule has 0 aromatic heterocycles. The van der Waals surface area contributed by atoms with Crippen LogP contribution in [0.15, 0.2) is 0 Å². The van der Waals surface area contributed by atoms with E-state index < -0.39 is 9.84 Å². The summed E-state index contributed by atoms with van der Waals surface area (Å²) in [5.74, 6) is 6.54. The summed E-state index contributed by atoms with van der Waals surface area (Å²) in [5, 5.41) is 0. The summed E-state index contributed by atoms with van der Waals surface area (Å²) >= 11 is 0. The minimum absolute atomic E-state index is 0.122. The van der Waals surface area contributed by atoms with Gasteiger partial charge < -0.3 is 0 Å². The normalized spacial score (nSPS) is 21.4. The van der Waals surface area contributed by atoms with Crippen molar-refractivity contribution in [1.82, 2.24) is 5.43 Å². The van der Waals surface area contributed by atoms with Crippen LogP contribution in [0.5, 0.6) is 0 Å². The van der Waals surface area contributed by atoms with Crippen LogP contribution in [0.1, 0.15) is 52.4 Å². The molecule has 108 valence electrons. The van der Waals surface area contributed by atoms with Crippen LogP contribution >= 0.6 is 0 Å². The average molecular weight is 276 g/mol. The molecule has 5 heteroatoms. The summed E-state index contributed by atoms with van der Waals surface area (Å²) < 4.78 is 22.6. The van der Waals surface area contributed by atoms with Crippen LogP contribution in [-0.4, -0.2) is 26.5 Å². The van der Waals surface area contributed by atoms with Gasteiger partial charge in [-0.1, -0.05) is 26.7 Å². The van der Waals surface area contributed by atoms with Crippen molar-refractivity contribution in [2.45, 2.75) is 58.4 Å². The molecule has 0 heterocycles. The summed E-state index contributed by atoms with van der Waals surface area (Å²) in [7, 11) is -2.91. The van der Waals surface area contributed by atoms with Crippen molar-refractivity contribution in [1.29, 1.82) is 0 Å². The van der Waals surface area contributed by atoms with Gasteiger partial charge in [0.15, 0.2) is 0 Å². The molecule has 0 saturated heterocycles. The van der Waals surface area contributed by atoms with Gasteiger partial charge in [0, 0.05) is 12.3 Å². The van der Waals surface area contributed by atoms with Gasteiger partial charge >= 0.3 is 0 Å². The summed E-state index contributed by atoms with van der Waals surface area (Å²) in [6.07, 6.45) is 7.87. The largest absolute Gasteiger partial charge is 0.271 e. The Balaban J connectivity index is 2.74. The lowest BCUT2D eigenvalue weighted by atomic mass is 9.72. The summed E-state index contributed by atoms with van der Waals surface area (Å²) in [4.78, 5) is 0. The van der Waals surface area contributed by atoms with Crippen molar-refractivity contribution < 1.29 is 8.42 Å². The third-order valence-corrected chi connectivity index (χ3v) is 5.11. The summed E-state index contributed by atoms with van der Waals surface area (Å²) in [6, 6.07) is 0.122. The van der Waals surface area contributed by atoms with Crippen LogP contribution in [0, 0.1) is 11.3 Å². The van der Waals surface area contributed by atoms with Crippen LogP contribution in [0.2, 0.25) is 0 Å². The first-order chi connectivity index (χ1) is 8.29. The van der Waals surface area contributed by atoms with E-state index in [1.807, 2.05) is 0 Å². The second-order valence-electron chi connectivity index (χ2n) is 6.31. The van der Waals surface area contributed by atoms with Gasteiger partial charge in [0.2, 0.25) is 0 Å². The monoisotopic (exact) mass is 276 g/mol. The number of sulfone groups is 1. The Labute approximate surface area is 112 Å². The van der Waals surface area contributed by atoms with Crippen LogP contribution in [0.4, 0.5) is 0 Å². The first-order valence-corrected chi connectivity index (χ1v) is 8.99. The van der Waals surface area contributed by atoms with Crippen LogP contribution in [0.25, 0.3) is 0 Å². The zero-order valence-corrected chi connectivity index (χ0v) is 12.7. The van der Waals surface area contributed by atoms with Gasteiger partial charge in [-0.05, 0) is 37.0 Å². The molecule has 3 N–H and O–H groups in total. The zero-order valence-electron chi connectivity index (χ0n) is 11.9. The van der Waals surface area contributed by atoms with Crippen molar-refractivity contribution in [3.63, 3.8) is 0 Å². The highest BCUT2D eigenvalue weighted by molar-refractivity contribution is 7.90. The van der Waals surface area contributed by atoms with Gasteiger partial charge in [0.1, 0.15) is 9.84 Å². The zero-order chi connectivity index (χ0) is 13.8. The Morgan fingerprint density at radius 2 is 1.83 bits per heavy atom. The molecule has 0 amide bonds. The fourth-order valence-corrected chi connectivity index (χ4v) is 4.15. The van der Waals surface area contributed by atoms with E-state index in [0.717, 1.165) is 6.42 Å². The molecule has 0 bridgehead atoms. The smallest absolute Gasteiger partial charge is 0.147 e. The Hall–Kier alpha value is -0.130. The van der Waals surface area contributed by atoms with Gasteiger partial charge in [0.25, 0.3) is 0 Å². The molecular weight excluding hydrogens is 248 g/mol. The predicted molar refractivity (Wildman–Crippen MR) is 75.8 cm³/mol. The van der Waals surface area contributed by atoms with Gasteiger partial charge in [0.05, 0.1) is 5.75 Å². The molecular formula is C13H28N2O2S. The van der Waals surface area contributed by atoms with Crippen molar-refractivity contribution in [2.24, 2.45) is 17.2 Å². The molecule has 1 rings (SSSR count). The molecule has 1 saturated carbocycles. The van der Waals surface area contributed by atoms with Crippen molar-refractivity contribution in [3.05, 3.63) is 0 Å². The van der Waals surface area contributed by atoms with Gasteiger partial charge in [-0.3, -0.25) is 11.3 Å². The SMILES string of the molecule is CC(C)CC1(C(CCS(C)(=O)=O)NN)CCCC1. The lowest BCUT2D eigenvalue weighted by molar-refractivity contribution is 0.152. The molecule has 1 atom stereocenters. The Kier molecular flexibility index (Phi) is 5.62. The average Bonchev–Trinajstić information content (AvgIpc) is 2.65. The first kappa shape index (κ1) is 15.9. The lowest BCUT2D eigenvalue weighted by Crippen LogP contribution is -2.48. The standard InChI is InChI=1S/C13H28N2O2S/c1-11(2)10-13(7-4-5-8-13)12(15-14)6-9-18(3,16)17/h11-12,15H,4-10,14H2,1-3H3. The number of nitrogens with one attached hydrogen (secondary N) is 1. The highest BCUT2D eigenvalue weighted by Gasteiger charge is 2.41. The number of hydrogen-bond donors (Lipinski definition) is 2. The molecule has 18 heavy (non-hydrogen) atoms. The quantitative estimate of drug-likeness (QED) is 0.550. The van der Waals surface area contributed by atoms with Crippen molar-refractivity contribution in [3.8, 4) is 0 Å². The third kappa shape index (κ3) is 4.52. The molecule has 1 unspecified atom stereocenters. The highest BCUT2D eigenvalue weighted by Crippen LogP contribution is 2.46. The first-order valence-electron chi connectivity index (χ1n) is 6.93. The van der Waals surface area contributed by atoms with Crippen LogP contribution < -0.4 is 11.3 Å². The molecule has 0 spiro atoms. The lowest BCUT2D eigenvalue weighted by Gasteiger charge is -2.38. The fraction of sp³-hybridized carbons (Fsp3) is 1.00. The number of hydrogen-bond acceptors (Lipinski definition) is 4. The minimum Gasteiger partial charge on any atom is -0.271 e. The van der Waals surface area contributed by atoms with E-state index >= 15 is 0 Å². The number of rotatable bonds is 7. The van der Waals surface area contributed by atoms with E-state index in [1.165, 1.54) is 31.9 Å². The maximum absolute atomic E-state index is 11.3. The van der Waals surface area contributed by atoms with E-state index in [-0.39, 0.29) is 17.2 Å². The topological polar surface area (TPSA) is 72.2 Å². The van der Waals surface area contributed by atoms with E-state index in [0.29, 0.717) is 12.3 Å². The second-order valence-corrected chi connectivity index (χ2v) is 8.57. The second kappa shape index (κ2) is 6.35. The molecule has 4 nitrogen and oxygen atoms in total. The maximum atomic E-state index is 11.3. The molecule has 1 aliphatic rings. The van der Waals surface area contributed by atoms with Crippen molar-refractivity contribution in [2.75, 3.05) is 12.0 Å². The molecule has 0 radical (unpaired) electrons. The third-order valence-electron chi connectivity index (χ3n) is 4.13. The number of nitrogens with two attached hydrogens (primary N) is 1. The molecule has 0 aliphatic heterocycles. The van der Waals surface area contributed by atoms with Gasteiger partial charge in [-0.15, -0.1) is 0 Å². The van der Waals surface area contributed by atoms with E-state index in [9.17, 15) is 8.42 Å². The van der Waals surface area contributed by atoms with E-state index in [1.54, 1.807) is 0 Å². The van der Waals surface area contributed by atoms with E-state index in [4.69, 9.17) is 5.84 Å². The molecule has 1 fully saturated rings. The van der Waals surface area contributed by atoms with Gasteiger partial charge in [-0.2, -0.15) is 0 Å². The molecule has 1 aliphatic carbocycles. The molecule has 0 aromatic rings.